The van der Waals surface area contributed by atoms with Crippen molar-refractivity contribution in [3.8, 4) is 0 Å². The molecule has 0 N–H and O–H groups in total. The number of benzene rings is 2. The molecule has 0 radical (unpaired) electrons. The van der Waals surface area contributed by atoms with Gasteiger partial charge in [-0.05, 0) is 49.5 Å². The number of likely N-dealkylation sites (tertiary alicyclic amines) is 1. The summed E-state index contributed by atoms with van der Waals surface area (Å²) >= 11 is 0. The molecule has 0 saturated carbocycles. The summed E-state index contributed by atoms with van der Waals surface area (Å²) in [4.78, 5) is 8.39. The third-order valence-corrected chi connectivity index (χ3v) is 5.64. The fourth-order valence-electron chi connectivity index (χ4n) is 3.94. The van der Waals surface area contributed by atoms with Gasteiger partial charge in [0.05, 0.1) is 13.2 Å². The van der Waals surface area contributed by atoms with E-state index in [1.807, 2.05) is 36.4 Å². The van der Waals surface area contributed by atoms with Crippen molar-refractivity contribution in [2.24, 2.45) is 10.9 Å². The topological polar surface area (TPSA) is 28.1 Å². The van der Waals surface area contributed by atoms with Gasteiger partial charge in [-0.2, -0.15) is 0 Å². The maximum Gasteiger partial charge on any atom is 0.292 e. The molecule has 154 valence electrons. The first-order valence-electron chi connectivity index (χ1n) is 10.3. The van der Waals surface area contributed by atoms with E-state index >= 15 is 0 Å². The highest BCUT2D eigenvalue weighted by Crippen LogP contribution is 2.25. The van der Waals surface area contributed by atoms with E-state index in [2.05, 4.69) is 34.2 Å². The lowest BCUT2D eigenvalue weighted by Gasteiger charge is -2.32. The highest BCUT2D eigenvalue weighted by atomic mass is 19.3. The van der Waals surface area contributed by atoms with Crippen molar-refractivity contribution in [2.75, 3.05) is 31.1 Å². The summed E-state index contributed by atoms with van der Waals surface area (Å²) < 4.78 is 32.4. The zero-order valence-corrected chi connectivity index (χ0v) is 16.5. The van der Waals surface area contributed by atoms with Gasteiger partial charge in [0.2, 0.25) is 0 Å². The van der Waals surface area contributed by atoms with E-state index in [4.69, 9.17) is 4.74 Å². The zero-order chi connectivity index (χ0) is 20.1. The molecule has 0 amide bonds. The third kappa shape index (κ3) is 5.12. The summed E-state index contributed by atoms with van der Waals surface area (Å²) in [6, 6.07) is 19.3. The van der Waals surface area contributed by atoms with Crippen LogP contribution in [0, 0.1) is 5.92 Å². The van der Waals surface area contributed by atoms with Gasteiger partial charge in [-0.1, -0.05) is 48.5 Å². The van der Waals surface area contributed by atoms with Crippen LogP contribution in [0.2, 0.25) is 0 Å². The highest BCUT2D eigenvalue weighted by molar-refractivity contribution is 5.93. The number of anilines is 1. The van der Waals surface area contributed by atoms with E-state index in [1.54, 1.807) is 4.90 Å². The molecular weight excluding hydrogens is 372 g/mol. The van der Waals surface area contributed by atoms with Crippen molar-refractivity contribution >= 4 is 11.7 Å². The largest absolute Gasteiger partial charge is 0.465 e. The van der Waals surface area contributed by atoms with Crippen LogP contribution in [-0.4, -0.2) is 49.6 Å². The summed E-state index contributed by atoms with van der Waals surface area (Å²) in [7, 11) is 0. The van der Waals surface area contributed by atoms with Crippen LogP contribution in [0.5, 0.6) is 0 Å². The third-order valence-electron chi connectivity index (χ3n) is 5.64. The minimum absolute atomic E-state index is 0.159. The normalized spacial score (nSPS) is 20.9. The van der Waals surface area contributed by atoms with Gasteiger partial charge in [-0.3, -0.25) is 9.80 Å². The summed E-state index contributed by atoms with van der Waals surface area (Å²) in [5.74, 6) is 0.424. The first kappa shape index (κ1) is 19.8. The van der Waals surface area contributed by atoms with Gasteiger partial charge in [0.1, 0.15) is 6.04 Å². The molecule has 2 heterocycles. The fraction of sp³-hybridized carbons (Fsp3) is 0.435. The average Bonchev–Trinajstić information content (AvgIpc) is 3.19. The molecule has 0 aliphatic carbocycles. The molecule has 0 aromatic heterocycles. The molecule has 4 nitrogen and oxygen atoms in total. The molecule has 2 aromatic carbocycles. The number of amidine groups is 1. The van der Waals surface area contributed by atoms with Crippen molar-refractivity contribution in [3.05, 3.63) is 66.2 Å². The number of piperidine rings is 1. The van der Waals surface area contributed by atoms with Gasteiger partial charge in [0, 0.05) is 12.2 Å². The molecule has 1 unspecified atom stereocenters. The lowest BCUT2D eigenvalue weighted by Crippen LogP contribution is -2.36. The number of nitrogens with zero attached hydrogens (tertiary/aromatic N) is 3. The molecule has 2 aromatic rings. The van der Waals surface area contributed by atoms with E-state index in [0.717, 1.165) is 38.2 Å². The summed E-state index contributed by atoms with van der Waals surface area (Å²) in [5.41, 5.74) is 2.17. The molecule has 4 rings (SSSR count). The average molecular weight is 399 g/mol. The Balaban J connectivity index is 1.30. The molecule has 2 aliphatic rings. The number of rotatable bonds is 6. The van der Waals surface area contributed by atoms with Crippen molar-refractivity contribution in [3.63, 3.8) is 0 Å². The maximum atomic E-state index is 13.2. The van der Waals surface area contributed by atoms with Crippen LogP contribution in [0.15, 0.2) is 65.7 Å². The second-order valence-electron chi connectivity index (χ2n) is 7.78. The molecular formula is C23H27F2N3O. The number of para-hydroxylation sites is 1. The minimum atomic E-state index is -2.48. The quantitative estimate of drug-likeness (QED) is 0.720. The Labute approximate surface area is 170 Å². The fourth-order valence-corrected chi connectivity index (χ4v) is 3.94. The van der Waals surface area contributed by atoms with Crippen molar-refractivity contribution in [2.45, 2.75) is 31.9 Å². The second kappa shape index (κ2) is 9.35. The van der Waals surface area contributed by atoms with Gasteiger partial charge >= 0.3 is 0 Å². The lowest BCUT2D eigenvalue weighted by atomic mass is 9.97. The van der Waals surface area contributed by atoms with Crippen LogP contribution in [0.4, 0.5) is 14.5 Å². The van der Waals surface area contributed by atoms with E-state index in [0.29, 0.717) is 18.5 Å². The molecule has 0 spiro atoms. The van der Waals surface area contributed by atoms with Crippen LogP contribution in [0.1, 0.15) is 18.4 Å². The molecule has 2 aliphatic heterocycles. The molecule has 6 heteroatoms. The van der Waals surface area contributed by atoms with E-state index < -0.39 is 12.5 Å². The van der Waals surface area contributed by atoms with Crippen LogP contribution in [-0.2, 0) is 11.3 Å². The number of alkyl halides is 2. The van der Waals surface area contributed by atoms with Gasteiger partial charge < -0.3 is 4.74 Å². The molecule has 1 fully saturated rings. The van der Waals surface area contributed by atoms with Crippen molar-refractivity contribution in [1.29, 1.82) is 0 Å². The van der Waals surface area contributed by atoms with Crippen LogP contribution in [0.3, 0.4) is 0 Å². The lowest BCUT2D eigenvalue weighted by molar-refractivity contribution is 0.121. The van der Waals surface area contributed by atoms with E-state index in [-0.39, 0.29) is 6.54 Å². The smallest absolute Gasteiger partial charge is 0.292 e. The van der Waals surface area contributed by atoms with E-state index in [9.17, 15) is 8.78 Å². The Morgan fingerprint density at radius 1 is 0.966 bits per heavy atom. The molecule has 1 saturated heterocycles. The predicted octanol–water partition coefficient (Wildman–Crippen LogP) is 4.43. The molecule has 1 atom stereocenters. The summed E-state index contributed by atoms with van der Waals surface area (Å²) in [5, 5.41) is 0. The standard InChI is InChI=1S/C23H27F2N3O/c24-22(25)21-16-28(20-9-5-2-6-10-20)23(26-21)29-17-19-11-13-27(14-12-19)15-18-7-3-1-4-8-18/h1-10,19,21-22H,11-17H2. The number of hydrogen-bond donors (Lipinski definition) is 0. The first-order chi connectivity index (χ1) is 14.2. The zero-order valence-electron chi connectivity index (χ0n) is 16.5. The summed E-state index contributed by atoms with van der Waals surface area (Å²) in [6.45, 7) is 3.71. The molecule has 29 heavy (non-hydrogen) atoms. The van der Waals surface area contributed by atoms with Gasteiger partial charge in [-0.25, -0.2) is 13.8 Å². The number of aliphatic imine (C=N–C) groups is 1. The number of hydrogen-bond acceptors (Lipinski definition) is 4. The van der Waals surface area contributed by atoms with Crippen LogP contribution < -0.4 is 4.90 Å². The Kier molecular flexibility index (Phi) is 6.39. The van der Waals surface area contributed by atoms with E-state index in [1.165, 1.54) is 5.56 Å². The van der Waals surface area contributed by atoms with Crippen LogP contribution in [0.25, 0.3) is 0 Å². The van der Waals surface area contributed by atoms with Crippen molar-refractivity contribution < 1.29 is 13.5 Å². The van der Waals surface area contributed by atoms with Gasteiger partial charge in [0.25, 0.3) is 12.4 Å². The minimum Gasteiger partial charge on any atom is -0.465 e. The summed E-state index contributed by atoms with van der Waals surface area (Å²) in [6.07, 6.45) is -0.392. The Hall–Kier alpha value is -2.47. The van der Waals surface area contributed by atoms with Crippen LogP contribution >= 0.6 is 0 Å². The Morgan fingerprint density at radius 3 is 2.28 bits per heavy atom. The Bertz CT molecular complexity index is 792. The van der Waals surface area contributed by atoms with Gasteiger partial charge in [-0.15, -0.1) is 0 Å². The monoisotopic (exact) mass is 399 g/mol. The highest BCUT2D eigenvalue weighted by Gasteiger charge is 2.34. The maximum absolute atomic E-state index is 13.2. The molecule has 0 bridgehead atoms. The van der Waals surface area contributed by atoms with Gasteiger partial charge in [0.15, 0.2) is 0 Å². The number of halogens is 2. The second-order valence-corrected chi connectivity index (χ2v) is 7.78. The predicted molar refractivity (Wildman–Crippen MR) is 111 cm³/mol. The SMILES string of the molecule is FC(F)C1CN(c2ccccc2)C(OCC2CCN(Cc3ccccc3)CC2)=N1. The van der Waals surface area contributed by atoms with Crippen molar-refractivity contribution in [1.82, 2.24) is 4.90 Å². The Morgan fingerprint density at radius 2 is 1.62 bits per heavy atom. The first-order valence-corrected chi connectivity index (χ1v) is 10.3. The number of ether oxygens (including phenoxy) is 1.